The van der Waals surface area contributed by atoms with E-state index in [9.17, 15) is 0 Å². The first kappa shape index (κ1) is 14.1. The molecule has 2 heterocycles. The summed E-state index contributed by atoms with van der Waals surface area (Å²) in [5.41, 5.74) is 1.35. The number of imidazole rings is 1. The van der Waals surface area contributed by atoms with Gasteiger partial charge in [-0.3, -0.25) is 4.90 Å². The number of hydrogen-bond acceptors (Lipinski definition) is 3. The minimum atomic E-state index is 0.505. The summed E-state index contributed by atoms with van der Waals surface area (Å²) in [5, 5.41) is 3.75. The molecule has 1 saturated heterocycles. The highest BCUT2D eigenvalue weighted by Gasteiger charge is 2.24. The SMILES string of the molecule is CC(C)n1cncc1CN1CCC(NCC2CC2)CC1. The van der Waals surface area contributed by atoms with Gasteiger partial charge >= 0.3 is 0 Å². The first-order valence-corrected chi connectivity index (χ1v) is 8.19. The van der Waals surface area contributed by atoms with Crippen molar-refractivity contribution in [3.8, 4) is 0 Å². The molecule has 0 unspecified atom stereocenters. The maximum Gasteiger partial charge on any atom is 0.0951 e. The van der Waals surface area contributed by atoms with Gasteiger partial charge in [0.2, 0.25) is 0 Å². The highest BCUT2D eigenvalue weighted by atomic mass is 15.2. The summed E-state index contributed by atoms with van der Waals surface area (Å²) in [4.78, 5) is 6.88. The van der Waals surface area contributed by atoms with Crippen LogP contribution in [0.1, 0.15) is 51.3 Å². The molecule has 2 fully saturated rings. The van der Waals surface area contributed by atoms with Gasteiger partial charge in [-0.15, -0.1) is 0 Å². The Kier molecular flexibility index (Phi) is 4.41. The third-order valence-corrected chi connectivity index (χ3v) is 4.67. The summed E-state index contributed by atoms with van der Waals surface area (Å²) in [6.07, 6.45) is 9.47. The first-order valence-electron chi connectivity index (χ1n) is 8.19. The van der Waals surface area contributed by atoms with Crippen LogP contribution >= 0.6 is 0 Å². The Bertz CT molecular complexity index is 414. The van der Waals surface area contributed by atoms with Gasteiger partial charge in [0.15, 0.2) is 0 Å². The molecular formula is C16H28N4. The molecule has 4 heteroatoms. The van der Waals surface area contributed by atoms with Crippen molar-refractivity contribution in [1.29, 1.82) is 0 Å². The number of aromatic nitrogens is 2. The number of likely N-dealkylation sites (tertiary alicyclic amines) is 1. The third-order valence-electron chi connectivity index (χ3n) is 4.67. The van der Waals surface area contributed by atoms with Gasteiger partial charge in [0.05, 0.1) is 12.0 Å². The lowest BCUT2D eigenvalue weighted by atomic mass is 10.0. The standard InChI is InChI=1S/C16H28N4/c1-13(2)20-12-17-10-16(20)11-19-7-5-15(6-8-19)18-9-14-3-4-14/h10,12-15,18H,3-9,11H2,1-2H3. The molecule has 0 spiro atoms. The van der Waals surface area contributed by atoms with Gasteiger partial charge < -0.3 is 9.88 Å². The van der Waals surface area contributed by atoms with E-state index < -0.39 is 0 Å². The molecule has 1 aliphatic heterocycles. The Balaban J connectivity index is 1.44. The zero-order valence-electron chi connectivity index (χ0n) is 12.9. The van der Waals surface area contributed by atoms with Gasteiger partial charge in [-0.25, -0.2) is 4.98 Å². The zero-order chi connectivity index (χ0) is 13.9. The van der Waals surface area contributed by atoms with Crippen LogP contribution in [0.5, 0.6) is 0 Å². The van der Waals surface area contributed by atoms with Gasteiger partial charge in [-0.05, 0) is 52.0 Å². The summed E-state index contributed by atoms with van der Waals surface area (Å²) in [6, 6.07) is 1.26. The van der Waals surface area contributed by atoms with Crippen LogP contribution < -0.4 is 5.32 Å². The fraction of sp³-hybridized carbons (Fsp3) is 0.812. The Morgan fingerprint density at radius 1 is 1.25 bits per heavy atom. The molecule has 1 N–H and O–H groups in total. The summed E-state index contributed by atoms with van der Waals surface area (Å²) >= 11 is 0. The molecule has 1 aliphatic carbocycles. The monoisotopic (exact) mass is 276 g/mol. The normalized spacial score (nSPS) is 21.8. The van der Waals surface area contributed by atoms with Gasteiger partial charge in [0, 0.05) is 37.9 Å². The second-order valence-corrected chi connectivity index (χ2v) is 6.79. The topological polar surface area (TPSA) is 33.1 Å². The molecule has 0 amide bonds. The van der Waals surface area contributed by atoms with E-state index in [0.717, 1.165) is 18.5 Å². The molecule has 2 aliphatic rings. The third kappa shape index (κ3) is 3.61. The minimum Gasteiger partial charge on any atom is -0.331 e. The highest BCUT2D eigenvalue weighted by molar-refractivity contribution is 5.00. The average Bonchev–Trinajstić information content (AvgIpc) is 3.16. The summed E-state index contributed by atoms with van der Waals surface area (Å²) in [5.74, 6) is 0.994. The largest absolute Gasteiger partial charge is 0.331 e. The van der Waals surface area contributed by atoms with Crippen molar-refractivity contribution < 1.29 is 0 Å². The van der Waals surface area contributed by atoms with E-state index in [1.807, 2.05) is 12.5 Å². The predicted octanol–water partition coefficient (Wildman–Crippen LogP) is 2.43. The highest BCUT2D eigenvalue weighted by Crippen LogP contribution is 2.28. The predicted molar refractivity (Wildman–Crippen MR) is 81.6 cm³/mol. The molecular weight excluding hydrogens is 248 g/mol. The van der Waals surface area contributed by atoms with Crippen LogP contribution in [0.3, 0.4) is 0 Å². The molecule has 20 heavy (non-hydrogen) atoms. The van der Waals surface area contributed by atoms with E-state index in [1.165, 1.54) is 51.0 Å². The van der Waals surface area contributed by atoms with Gasteiger partial charge in [-0.2, -0.15) is 0 Å². The lowest BCUT2D eigenvalue weighted by molar-refractivity contribution is 0.185. The second-order valence-electron chi connectivity index (χ2n) is 6.79. The molecule has 3 rings (SSSR count). The molecule has 4 nitrogen and oxygen atoms in total. The van der Waals surface area contributed by atoms with Crippen molar-refractivity contribution in [2.24, 2.45) is 5.92 Å². The Morgan fingerprint density at radius 2 is 2.00 bits per heavy atom. The molecule has 1 saturated carbocycles. The average molecular weight is 276 g/mol. The van der Waals surface area contributed by atoms with Crippen LogP contribution in [0.2, 0.25) is 0 Å². The van der Waals surface area contributed by atoms with E-state index in [2.05, 4.69) is 33.6 Å². The summed E-state index contributed by atoms with van der Waals surface area (Å²) in [7, 11) is 0. The van der Waals surface area contributed by atoms with Crippen LogP contribution in [0.15, 0.2) is 12.5 Å². The fourth-order valence-electron chi connectivity index (χ4n) is 3.10. The number of nitrogens with one attached hydrogen (secondary N) is 1. The molecule has 0 atom stereocenters. The van der Waals surface area contributed by atoms with E-state index in [0.29, 0.717) is 6.04 Å². The van der Waals surface area contributed by atoms with Crippen molar-refractivity contribution in [2.45, 2.75) is 58.2 Å². The van der Waals surface area contributed by atoms with Gasteiger partial charge in [0.1, 0.15) is 0 Å². The maximum atomic E-state index is 4.30. The van der Waals surface area contributed by atoms with E-state index in [4.69, 9.17) is 0 Å². The lowest BCUT2D eigenvalue weighted by Gasteiger charge is -2.32. The molecule has 1 aromatic heterocycles. The maximum absolute atomic E-state index is 4.30. The van der Waals surface area contributed by atoms with E-state index >= 15 is 0 Å². The van der Waals surface area contributed by atoms with Crippen LogP contribution in [0, 0.1) is 5.92 Å². The number of rotatable bonds is 6. The van der Waals surface area contributed by atoms with Crippen LogP contribution in [-0.2, 0) is 6.54 Å². The summed E-state index contributed by atoms with van der Waals surface area (Å²) in [6.45, 7) is 9.17. The molecule has 0 bridgehead atoms. The Hall–Kier alpha value is -0.870. The summed E-state index contributed by atoms with van der Waals surface area (Å²) < 4.78 is 2.29. The number of piperidine rings is 1. The first-order chi connectivity index (χ1) is 9.72. The molecule has 0 aromatic carbocycles. The van der Waals surface area contributed by atoms with Crippen LogP contribution in [0.25, 0.3) is 0 Å². The van der Waals surface area contributed by atoms with Crippen LogP contribution in [0.4, 0.5) is 0 Å². The Morgan fingerprint density at radius 3 is 2.65 bits per heavy atom. The fourth-order valence-corrected chi connectivity index (χ4v) is 3.10. The smallest absolute Gasteiger partial charge is 0.0951 e. The van der Waals surface area contributed by atoms with Gasteiger partial charge in [-0.1, -0.05) is 0 Å². The minimum absolute atomic E-state index is 0.505. The van der Waals surface area contributed by atoms with E-state index in [1.54, 1.807) is 0 Å². The van der Waals surface area contributed by atoms with Crippen molar-refractivity contribution in [1.82, 2.24) is 19.8 Å². The molecule has 1 aromatic rings. The lowest BCUT2D eigenvalue weighted by Crippen LogP contribution is -2.42. The zero-order valence-corrected chi connectivity index (χ0v) is 12.9. The van der Waals surface area contributed by atoms with Crippen molar-refractivity contribution in [3.63, 3.8) is 0 Å². The second kappa shape index (κ2) is 6.27. The van der Waals surface area contributed by atoms with Gasteiger partial charge in [0.25, 0.3) is 0 Å². The number of nitrogens with zero attached hydrogens (tertiary/aromatic N) is 3. The van der Waals surface area contributed by atoms with Crippen molar-refractivity contribution in [2.75, 3.05) is 19.6 Å². The van der Waals surface area contributed by atoms with Crippen molar-refractivity contribution >= 4 is 0 Å². The van der Waals surface area contributed by atoms with Crippen LogP contribution in [-0.4, -0.2) is 40.1 Å². The quantitative estimate of drug-likeness (QED) is 0.866. The van der Waals surface area contributed by atoms with E-state index in [-0.39, 0.29) is 0 Å². The Labute approximate surface area is 122 Å². The van der Waals surface area contributed by atoms with Crippen molar-refractivity contribution in [3.05, 3.63) is 18.2 Å². The number of hydrogen-bond donors (Lipinski definition) is 1. The molecule has 112 valence electrons. The molecule has 0 radical (unpaired) electrons.